The third-order valence-electron chi connectivity index (χ3n) is 3.49. The molecule has 1 aliphatic rings. The standard InChI is InChI=1S/C16H16N2O2/c19-15-5-1-11(2-6-15)8-18-16(20)12-3-4-13-9-17-10-14(13)7-12/h1-7,17,19H,8-10H2,(H,18,20). The van der Waals surface area contributed by atoms with E-state index in [1.165, 1.54) is 11.1 Å². The predicted octanol–water partition coefficient (Wildman–Crippen LogP) is 1.93. The first-order valence-corrected chi connectivity index (χ1v) is 6.61. The molecule has 102 valence electrons. The van der Waals surface area contributed by atoms with Crippen molar-refractivity contribution in [2.24, 2.45) is 0 Å². The number of phenolic OH excluding ortho intramolecular Hbond substituents is 1. The summed E-state index contributed by atoms with van der Waals surface area (Å²) < 4.78 is 0. The molecule has 2 aromatic carbocycles. The first-order valence-electron chi connectivity index (χ1n) is 6.61. The molecule has 0 unspecified atom stereocenters. The van der Waals surface area contributed by atoms with Crippen LogP contribution in [0, 0.1) is 0 Å². The van der Waals surface area contributed by atoms with Crippen LogP contribution in [0.15, 0.2) is 42.5 Å². The lowest BCUT2D eigenvalue weighted by molar-refractivity contribution is 0.0951. The monoisotopic (exact) mass is 268 g/mol. The van der Waals surface area contributed by atoms with E-state index in [-0.39, 0.29) is 11.7 Å². The fourth-order valence-corrected chi connectivity index (χ4v) is 2.33. The summed E-state index contributed by atoms with van der Waals surface area (Å²) in [6, 6.07) is 12.6. The smallest absolute Gasteiger partial charge is 0.251 e. The summed E-state index contributed by atoms with van der Waals surface area (Å²) >= 11 is 0. The number of fused-ring (bicyclic) bond motifs is 1. The van der Waals surface area contributed by atoms with Gasteiger partial charge in [0.2, 0.25) is 0 Å². The highest BCUT2D eigenvalue weighted by atomic mass is 16.3. The summed E-state index contributed by atoms with van der Waals surface area (Å²) in [5.74, 6) is 0.152. The van der Waals surface area contributed by atoms with Gasteiger partial charge in [-0.05, 0) is 41.0 Å². The van der Waals surface area contributed by atoms with Gasteiger partial charge in [-0.15, -0.1) is 0 Å². The molecule has 2 aromatic rings. The van der Waals surface area contributed by atoms with Gasteiger partial charge in [-0.2, -0.15) is 0 Å². The SMILES string of the molecule is O=C(NCc1ccc(O)cc1)c1ccc2c(c1)CNC2. The second-order valence-corrected chi connectivity index (χ2v) is 4.94. The molecule has 3 N–H and O–H groups in total. The highest BCUT2D eigenvalue weighted by Crippen LogP contribution is 2.17. The van der Waals surface area contributed by atoms with Crippen LogP contribution in [0.5, 0.6) is 5.75 Å². The number of hydrogen-bond acceptors (Lipinski definition) is 3. The number of phenols is 1. The van der Waals surface area contributed by atoms with E-state index >= 15 is 0 Å². The summed E-state index contributed by atoms with van der Waals surface area (Å²) in [7, 11) is 0. The molecule has 4 nitrogen and oxygen atoms in total. The minimum absolute atomic E-state index is 0.0761. The molecule has 0 bridgehead atoms. The topological polar surface area (TPSA) is 61.4 Å². The molecule has 0 spiro atoms. The van der Waals surface area contributed by atoms with Crippen LogP contribution in [0.1, 0.15) is 27.0 Å². The van der Waals surface area contributed by atoms with Gasteiger partial charge in [0.25, 0.3) is 5.91 Å². The van der Waals surface area contributed by atoms with E-state index in [0.29, 0.717) is 12.1 Å². The molecule has 0 aromatic heterocycles. The van der Waals surface area contributed by atoms with Crippen LogP contribution in [-0.2, 0) is 19.6 Å². The summed E-state index contributed by atoms with van der Waals surface area (Å²) in [6.07, 6.45) is 0. The van der Waals surface area contributed by atoms with Gasteiger partial charge >= 0.3 is 0 Å². The van der Waals surface area contributed by atoms with Crippen LogP contribution >= 0.6 is 0 Å². The van der Waals surface area contributed by atoms with Crippen LogP contribution in [0.25, 0.3) is 0 Å². The maximum Gasteiger partial charge on any atom is 0.251 e. The number of hydrogen-bond donors (Lipinski definition) is 3. The average molecular weight is 268 g/mol. The molecule has 1 amide bonds. The number of nitrogens with one attached hydrogen (secondary N) is 2. The number of aromatic hydroxyl groups is 1. The van der Waals surface area contributed by atoms with Gasteiger partial charge in [0.1, 0.15) is 5.75 Å². The maximum atomic E-state index is 12.1. The zero-order chi connectivity index (χ0) is 13.9. The molecule has 0 saturated heterocycles. The van der Waals surface area contributed by atoms with Gasteiger partial charge < -0.3 is 15.7 Å². The van der Waals surface area contributed by atoms with E-state index < -0.39 is 0 Å². The van der Waals surface area contributed by atoms with E-state index in [2.05, 4.69) is 10.6 Å². The maximum absolute atomic E-state index is 12.1. The van der Waals surface area contributed by atoms with E-state index in [1.54, 1.807) is 24.3 Å². The lowest BCUT2D eigenvalue weighted by atomic mass is 10.1. The Labute approximate surface area is 117 Å². The highest BCUT2D eigenvalue weighted by Gasteiger charge is 2.13. The second kappa shape index (κ2) is 5.35. The van der Waals surface area contributed by atoms with Crippen LogP contribution in [0.3, 0.4) is 0 Å². The van der Waals surface area contributed by atoms with Crippen molar-refractivity contribution in [1.29, 1.82) is 0 Å². The molecule has 4 heteroatoms. The van der Waals surface area contributed by atoms with Gasteiger partial charge in [0.05, 0.1) is 0 Å². The predicted molar refractivity (Wildman–Crippen MR) is 76.3 cm³/mol. The average Bonchev–Trinajstić information content (AvgIpc) is 2.93. The Hall–Kier alpha value is -2.33. The Kier molecular flexibility index (Phi) is 3.39. The fraction of sp³-hybridized carbons (Fsp3) is 0.188. The molecule has 0 saturated carbocycles. The lowest BCUT2D eigenvalue weighted by Gasteiger charge is -2.07. The molecule has 1 heterocycles. The minimum atomic E-state index is -0.0761. The van der Waals surface area contributed by atoms with Gasteiger partial charge in [0, 0.05) is 25.2 Å². The zero-order valence-corrected chi connectivity index (χ0v) is 11.0. The number of carbonyl (C=O) groups is 1. The molecule has 0 aliphatic carbocycles. The summed E-state index contributed by atoms with van der Waals surface area (Å²) in [4.78, 5) is 12.1. The molecule has 3 rings (SSSR count). The Balaban J connectivity index is 1.66. The van der Waals surface area contributed by atoms with Crippen molar-refractivity contribution in [2.75, 3.05) is 0 Å². The quantitative estimate of drug-likeness (QED) is 0.797. The van der Waals surface area contributed by atoms with Crippen LogP contribution in [0.2, 0.25) is 0 Å². The zero-order valence-electron chi connectivity index (χ0n) is 11.0. The van der Waals surface area contributed by atoms with Crippen molar-refractivity contribution in [3.05, 3.63) is 64.7 Å². The Morgan fingerprint density at radius 2 is 1.85 bits per heavy atom. The molecule has 0 atom stereocenters. The lowest BCUT2D eigenvalue weighted by Crippen LogP contribution is -2.22. The Morgan fingerprint density at radius 3 is 2.65 bits per heavy atom. The highest BCUT2D eigenvalue weighted by molar-refractivity contribution is 5.94. The molecule has 0 fully saturated rings. The van der Waals surface area contributed by atoms with Gasteiger partial charge in [-0.3, -0.25) is 4.79 Å². The first-order chi connectivity index (χ1) is 9.72. The van der Waals surface area contributed by atoms with Crippen molar-refractivity contribution in [2.45, 2.75) is 19.6 Å². The largest absolute Gasteiger partial charge is 0.508 e. The number of rotatable bonds is 3. The van der Waals surface area contributed by atoms with Gasteiger partial charge in [-0.1, -0.05) is 18.2 Å². The van der Waals surface area contributed by atoms with E-state index in [1.807, 2.05) is 18.2 Å². The van der Waals surface area contributed by atoms with Crippen molar-refractivity contribution in [3.63, 3.8) is 0 Å². The second-order valence-electron chi connectivity index (χ2n) is 4.94. The molecular formula is C16H16N2O2. The van der Waals surface area contributed by atoms with E-state index in [9.17, 15) is 9.90 Å². The summed E-state index contributed by atoms with van der Waals surface area (Å²) in [5, 5.41) is 15.4. The molecule has 1 aliphatic heterocycles. The third kappa shape index (κ3) is 2.65. The van der Waals surface area contributed by atoms with Crippen LogP contribution < -0.4 is 10.6 Å². The van der Waals surface area contributed by atoms with Crippen molar-refractivity contribution in [3.8, 4) is 5.75 Å². The van der Waals surface area contributed by atoms with Crippen molar-refractivity contribution in [1.82, 2.24) is 10.6 Å². The minimum Gasteiger partial charge on any atom is -0.508 e. The van der Waals surface area contributed by atoms with E-state index in [0.717, 1.165) is 18.7 Å². The molecular weight excluding hydrogens is 252 g/mol. The Morgan fingerprint density at radius 1 is 1.10 bits per heavy atom. The van der Waals surface area contributed by atoms with Crippen molar-refractivity contribution < 1.29 is 9.90 Å². The number of amides is 1. The summed E-state index contributed by atoms with van der Waals surface area (Å²) in [5.41, 5.74) is 4.10. The fourth-order valence-electron chi connectivity index (χ4n) is 2.33. The van der Waals surface area contributed by atoms with Crippen LogP contribution in [-0.4, -0.2) is 11.0 Å². The first kappa shape index (κ1) is 12.7. The third-order valence-corrected chi connectivity index (χ3v) is 3.49. The Bertz CT molecular complexity index is 635. The van der Waals surface area contributed by atoms with Crippen LogP contribution in [0.4, 0.5) is 0 Å². The molecule has 20 heavy (non-hydrogen) atoms. The number of carbonyl (C=O) groups excluding carboxylic acids is 1. The summed E-state index contributed by atoms with van der Waals surface area (Å²) in [6.45, 7) is 2.16. The number of benzene rings is 2. The van der Waals surface area contributed by atoms with Crippen molar-refractivity contribution >= 4 is 5.91 Å². The van der Waals surface area contributed by atoms with E-state index in [4.69, 9.17) is 0 Å². The molecule has 0 radical (unpaired) electrons. The normalized spacial score (nSPS) is 13.0. The van der Waals surface area contributed by atoms with Gasteiger partial charge in [-0.25, -0.2) is 0 Å². The van der Waals surface area contributed by atoms with Gasteiger partial charge in [0.15, 0.2) is 0 Å².